The molecule has 0 aliphatic rings. The maximum atomic E-state index is 4.27. The highest BCUT2D eigenvalue weighted by Crippen LogP contribution is 2.10. The van der Waals surface area contributed by atoms with Gasteiger partial charge in [0.25, 0.3) is 0 Å². The number of imidazole rings is 1. The molecule has 0 saturated heterocycles. The molecule has 1 heterocycles. The number of hydrogen-bond donors (Lipinski definition) is 0. The molecule has 0 unspecified atom stereocenters. The lowest BCUT2D eigenvalue weighted by Gasteiger charge is -2.04. The predicted molar refractivity (Wildman–Crippen MR) is 106 cm³/mol. The Balaban J connectivity index is 1.77. The number of allylic oxidation sites excluding steroid dienone is 2. The zero-order valence-electron chi connectivity index (χ0n) is 16.3. The largest absolute Gasteiger partial charge is 0.335 e. The van der Waals surface area contributed by atoms with Gasteiger partial charge in [-0.2, -0.15) is 0 Å². The van der Waals surface area contributed by atoms with Crippen LogP contribution >= 0.6 is 0 Å². The molecule has 0 atom stereocenters. The molecule has 1 aromatic rings. The second-order valence-electron chi connectivity index (χ2n) is 7.11. The highest BCUT2D eigenvalue weighted by atomic mass is 15.0. The molecule has 24 heavy (non-hydrogen) atoms. The molecule has 1 aromatic heterocycles. The summed E-state index contributed by atoms with van der Waals surface area (Å²) < 4.78 is 2.26. The molecule has 2 nitrogen and oxygen atoms in total. The molecule has 0 aliphatic carbocycles. The third kappa shape index (κ3) is 11.5. The maximum Gasteiger partial charge on any atom is 0.105 e. The summed E-state index contributed by atoms with van der Waals surface area (Å²) in [4.78, 5) is 4.27. The summed E-state index contributed by atoms with van der Waals surface area (Å²) >= 11 is 0. The molecule has 0 aliphatic heterocycles. The van der Waals surface area contributed by atoms with E-state index in [-0.39, 0.29) is 0 Å². The van der Waals surface area contributed by atoms with E-state index in [9.17, 15) is 0 Å². The van der Waals surface area contributed by atoms with Crippen molar-refractivity contribution in [3.8, 4) is 0 Å². The molecule has 0 spiro atoms. The van der Waals surface area contributed by atoms with Gasteiger partial charge in [0.15, 0.2) is 0 Å². The van der Waals surface area contributed by atoms with Crippen LogP contribution in [0.1, 0.15) is 103 Å². The van der Waals surface area contributed by atoms with Crippen LogP contribution < -0.4 is 0 Å². The van der Waals surface area contributed by atoms with E-state index in [2.05, 4.69) is 41.7 Å². The zero-order valence-corrected chi connectivity index (χ0v) is 16.3. The van der Waals surface area contributed by atoms with Crippen LogP contribution in [-0.4, -0.2) is 9.55 Å². The Labute approximate surface area is 150 Å². The fourth-order valence-electron chi connectivity index (χ4n) is 3.17. The van der Waals surface area contributed by atoms with Crippen molar-refractivity contribution in [3.05, 3.63) is 30.4 Å². The Morgan fingerprint density at radius 1 is 0.792 bits per heavy atom. The number of hydrogen-bond acceptors (Lipinski definition) is 1. The van der Waals surface area contributed by atoms with Gasteiger partial charge in [0.05, 0.1) is 0 Å². The second-order valence-corrected chi connectivity index (χ2v) is 7.11. The topological polar surface area (TPSA) is 17.8 Å². The van der Waals surface area contributed by atoms with Crippen molar-refractivity contribution >= 4 is 0 Å². The summed E-state index contributed by atoms with van der Waals surface area (Å²) in [6.07, 6.45) is 28.0. The van der Waals surface area contributed by atoms with Gasteiger partial charge >= 0.3 is 0 Å². The van der Waals surface area contributed by atoms with Crippen LogP contribution in [0, 0.1) is 6.92 Å². The molecule has 0 saturated carbocycles. The smallest absolute Gasteiger partial charge is 0.105 e. The fraction of sp³-hybridized carbons (Fsp3) is 0.773. The van der Waals surface area contributed by atoms with Crippen molar-refractivity contribution in [2.75, 3.05) is 0 Å². The van der Waals surface area contributed by atoms with Gasteiger partial charge in [-0.1, -0.05) is 76.9 Å². The van der Waals surface area contributed by atoms with Gasteiger partial charge in [0, 0.05) is 18.9 Å². The predicted octanol–water partition coefficient (Wildman–Crippen LogP) is 7.23. The summed E-state index contributed by atoms with van der Waals surface area (Å²) in [5.74, 6) is 1.14. The van der Waals surface area contributed by atoms with Gasteiger partial charge in [-0.3, -0.25) is 0 Å². The Kier molecular flexibility index (Phi) is 13.5. The van der Waals surface area contributed by atoms with E-state index >= 15 is 0 Å². The number of aryl methyl sites for hydroxylation is 2. The van der Waals surface area contributed by atoms with Crippen LogP contribution in [0.4, 0.5) is 0 Å². The molecule has 2 heteroatoms. The van der Waals surface area contributed by atoms with E-state index in [1.165, 1.54) is 89.9 Å². The first-order valence-corrected chi connectivity index (χ1v) is 10.5. The van der Waals surface area contributed by atoms with Crippen LogP contribution in [0.5, 0.6) is 0 Å². The highest BCUT2D eigenvalue weighted by Gasteiger charge is 1.96. The van der Waals surface area contributed by atoms with Gasteiger partial charge in [-0.05, 0) is 39.0 Å². The first-order valence-electron chi connectivity index (χ1n) is 10.5. The molecular weight excluding hydrogens is 292 g/mol. The Morgan fingerprint density at radius 2 is 1.33 bits per heavy atom. The number of nitrogens with zero attached hydrogens (tertiary/aromatic N) is 2. The van der Waals surface area contributed by atoms with Gasteiger partial charge in [-0.15, -0.1) is 0 Å². The van der Waals surface area contributed by atoms with Crippen molar-refractivity contribution in [3.63, 3.8) is 0 Å². The first-order chi connectivity index (χ1) is 11.8. The maximum absolute atomic E-state index is 4.27. The molecule has 0 bridgehead atoms. The molecule has 138 valence electrons. The summed E-state index contributed by atoms with van der Waals surface area (Å²) in [7, 11) is 0. The summed E-state index contributed by atoms with van der Waals surface area (Å²) in [5.41, 5.74) is 0. The number of unbranched alkanes of at least 4 members (excludes halogenated alkanes) is 12. The van der Waals surface area contributed by atoms with Crippen molar-refractivity contribution in [1.29, 1.82) is 0 Å². The standard InChI is InChI=1S/C22H40N2/c1-3-4-5-6-7-8-9-10-11-12-13-14-15-16-17-18-20-24-21-19-23-22(24)2/h10-11,19,21H,3-9,12-18,20H2,1-2H3/b11-10-. The molecule has 0 fully saturated rings. The van der Waals surface area contributed by atoms with Crippen molar-refractivity contribution < 1.29 is 0 Å². The number of rotatable bonds is 16. The van der Waals surface area contributed by atoms with E-state index in [0.29, 0.717) is 0 Å². The minimum absolute atomic E-state index is 1.13. The Hall–Kier alpha value is -1.05. The third-order valence-corrected chi connectivity index (χ3v) is 4.83. The van der Waals surface area contributed by atoms with Crippen LogP contribution in [-0.2, 0) is 6.54 Å². The Bertz CT molecular complexity index is 406. The lowest BCUT2D eigenvalue weighted by molar-refractivity contribution is 0.547. The lowest BCUT2D eigenvalue weighted by Crippen LogP contribution is -1.98. The van der Waals surface area contributed by atoms with Gasteiger partial charge in [0.1, 0.15) is 5.82 Å². The van der Waals surface area contributed by atoms with Gasteiger partial charge < -0.3 is 4.57 Å². The minimum atomic E-state index is 1.13. The van der Waals surface area contributed by atoms with E-state index in [1.807, 2.05) is 6.20 Å². The fourth-order valence-corrected chi connectivity index (χ4v) is 3.17. The molecule has 0 radical (unpaired) electrons. The van der Waals surface area contributed by atoms with Crippen molar-refractivity contribution in [2.24, 2.45) is 0 Å². The summed E-state index contributed by atoms with van der Waals surface area (Å²) in [5, 5.41) is 0. The summed E-state index contributed by atoms with van der Waals surface area (Å²) in [6, 6.07) is 0. The van der Waals surface area contributed by atoms with E-state index in [4.69, 9.17) is 0 Å². The lowest BCUT2D eigenvalue weighted by atomic mass is 10.1. The number of aromatic nitrogens is 2. The molecule has 0 amide bonds. The SMILES string of the molecule is CCCCCCCC/C=C\CCCCCCCCn1ccnc1C. The quantitative estimate of drug-likeness (QED) is 0.230. The molecule has 0 aromatic carbocycles. The zero-order chi connectivity index (χ0) is 17.3. The highest BCUT2D eigenvalue weighted by molar-refractivity contribution is 4.88. The Morgan fingerprint density at radius 3 is 1.88 bits per heavy atom. The van der Waals surface area contributed by atoms with Crippen LogP contribution in [0.25, 0.3) is 0 Å². The monoisotopic (exact) mass is 332 g/mol. The van der Waals surface area contributed by atoms with E-state index in [1.54, 1.807) is 0 Å². The third-order valence-electron chi connectivity index (χ3n) is 4.83. The van der Waals surface area contributed by atoms with Crippen molar-refractivity contribution in [2.45, 2.75) is 110 Å². The first kappa shape index (κ1) is 21.0. The van der Waals surface area contributed by atoms with Gasteiger partial charge in [-0.25, -0.2) is 4.98 Å². The van der Waals surface area contributed by atoms with Crippen molar-refractivity contribution in [1.82, 2.24) is 9.55 Å². The molecular formula is C22H40N2. The van der Waals surface area contributed by atoms with Gasteiger partial charge in [0.2, 0.25) is 0 Å². The van der Waals surface area contributed by atoms with E-state index in [0.717, 1.165) is 12.4 Å². The molecule has 1 rings (SSSR count). The van der Waals surface area contributed by atoms with Crippen LogP contribution in [0.15, 0.2) is 24.5 Å². The van der Waals surface area contributed by atoms with Crippen LogP contribution in [0.3, 0.4) is 0 Å². The molecule has 0 N–H and O–H groups in total. The summed E-state index contributed by atoms with van der Waals surface area (Å²) in [6.45, 7) is 5.50. The van der Waals surface area contributed by atoms with E-state index < -0.39 is 0 Å². The normalized spacial score (nSPS) is 11.6. The average molecular weight is 333 g/mol. The minimum Gasteiger partial charge on any atom is -0.335 e. The second kappa shape index (κ2) is 15.5. The average Bonchev–Trinajstić information content (AvgIpc) is 2.99. The van der Waals surface area contributed by atoms with Crippen LogP contribution in [0.2, 0.25) is 0 Å².